The molecule has 2 heterocycles. The molecule has 1 fully saturated rings. The second kappa shape index (κ2) is 5.30. The van der Waals surface area contributed by atoms with Gasteiger partial charge in [0.1, 0.15) is 0 Å². The molecule has 0 spiro atoms. The topological polar surface area (TPSA) is 98.1 Å². The van der Waals surface area contributed by atoms with Crippen LogP contribution in [-0.4, -0.2) is 34.5 Å². The number of nitrogens with zero attached hydrogens (tertiary/aromatic N) is 3. The van der Waals surface area contributed by atoms with Gasteiger partial charge in [-0.1, -0.05) is 0 Å². The van der Waals surface area contributed by atoms with Crippen LogP contribution in [0.5, 0.6) is 0 Å². The molecule has 6 nitrogen and oxygen atoms in total. The summed E-state index contributed by atoms with van der Waals surface area (Å²) in [6.45, 7) is 2.65. The van der Waals surface area contributed by atoms with E-state index in [2.05, 4.69) is 21.8 Å². The maximum absolute atomic E-state index is 11.4. The maximum Gasteiger partial charge on any atom is 0.271 e. The lowest BCUT2D eigenvalue weighted by Crippen LogP contribution is -2.50. The number of nitrogens with two attached hydrogens (primary N) is 2. The Balaban J connectivity index is 2.41. The first kappa shape index (κ1) is 12.8. The molecule has 2 rings (SSSR count). The van der Waals surface area contributed by atoms with Gasteiger partial charge < -0.3 is 16.4 Å². The van der Waals surface area contributed by atoms with Crippen LogP contribution in [0.3, 0.4) is 0 Å². The first-order valence-corrected chi connectivity index (χ1v) is 6.24. The van der Waals surface area contributed by atoms with Crippen molar-refractivity contribution >= 4 is 11.7 Å². The summed E-state index contributed by atoms with van der Waals surface area (Å²) in [4.78, 5) is 21.8. The Morgan fingerprint density at radius 1 is 1.44 bits per heavy atom. The van der Waals surface area contributed by atoms with Crippen molar-refractivity contribution in [2.75, 3.05) is 11.4 Å². The highest BCUT2D eigenvalue weighted by molar-refractivity contribution is 5.95. The van der Waals surface area contributed by atoms with Crippen LogP contribution in [0.15, 0.2) is 12.4 Å². The molecule has 98 valence electrons. The number of anilines is 1. The summed E-state index contributed by atoms with van der Waals surface area (Å²) in [6, 6.07) is 0.491. The van der Waals surface area contributed by atoms with E-state index in [9.17, 15) is 4.79 Å². The van der Waals surface area contributed by atoms with E-state index in [0.29, 0.717) is 18.4 Å². The van der Waals surface area contributed by atoms with E-state index in [0.717, 1.165) is 19.3 Å². The molecule has 2 atom stereocenters. The average Bonchev–Trinajstić information content (AvgIpc) is 2.38. The smallest absolute Gasteiger partial charge is 0.271 e. The zero-order valence-corrected chi connectivity index (χ0v) is 10.5. The van der Waals surface area contributed by atoms with Gasteiger partial charge in [0, 0.05) is 31.0 Å². The van der Waals surface area contributed by atoms with E-state index < -0.39 is 5.91 Å². The molecule has 18 heavy (non-hydrogen) atoms. The molecule has 0 bridgehead atoms. The van der Waals surface area contributed by atoms with Gasteiger partial charge in [0.25, 0.3) is 5.91 Å². The third kappa shape index (κ3) is 2.28. The molecule has 1 saturated heterocycles. The monoisotopic (exact) mass is 249 g/mol. The number of carbonyl (C=O) groups is 1. The van der Waals surface area contributed by atoms with E-state index in [1.807, 2.05) is 0 Å². The van der Waals surface area contributed by atoms with E-state index in [1.165, 1.54) is 6.20 Å². The van der Waals surface area contributed by atoms with E-state index in [4.69, 9.17) is 11.5 Å². The maximum atomic E-state index is 11.4. The molecule has 0 saturated carbocycles. The molecule has 0 aliphatic carbocycles. The van der Waals surface area contributed by atoms with Gasteiger partial charge in [-0.25, -0.2) is 9.97 Å². The minimum Gasteiger partial charge on any atom is -0.364 e. The second-order valence-electron chi connectivity index (χ2n) is 4.67. The Bertz CT molecular complexity index is 436. The predicted octanol–water partition coefficient (Wildman–Crippen LogP) is 0.282. The number of hydrogen-bond acceptors (Lipinski definition) is 5. The first-order valence-electron chi connectivity index (χ1n) is 6.24. The van der Waals surface area contributed by atoms with Gasteiger partial charge in [0.05, 0.1) is 0 Å². The van der Waals surface area contributed by atoms with Crippen LogP contribution in [0.1, 0.15) is 36.7 Å². The lowest BCUT2D eigenvalue weighted by atomic mass is 9.96. The minimum atomic E-state index is -0.549. The third-order valence-corrected chi connectivity index (χ3v) is 3.46. The third-order valence-electron chi connectivity index (χ3n) is 3.46. The zero-order chi connectivity index (χ0) is 13.1. The van der Waals surface area contributed by atoms with Crippen LogP contribution in [0.2, 0.25) is 0 Å². The lowest BCUT2D eigenvalue weighted by Gasteiger charge is -2.41. The fourth-order valence-electron chi connectivity index (χ4n) is 2.59. The number of hydrogen-bond donors (Lipinski definition) is 2. The highest BCUT2D eigenvalue weighted by Gasteiger charge is 2.30. The molecule has 0 aromatic carbocycles. The van der Waals surface area contributed by atoms with Crippen molar-refractivity contribution in [3.05, 3.63) is 18.1 Å². The summed E-state index contributed by atoms with van der Waals surface area (Å²) < 4.78 is 0. The molecule has 1 aromatic rings. The number of rotatable bonds is 3. The van der Waals surface area contributed by atoms with Crippen LogP contribution >= 0.6 is 0 Å². The van der Waals surface area contributed by atoms with Gasteiger partial charge >= 0.3 is 0 Å². The van der Waals surface area contributed by atoms with Crippen LogP contribution in [0.25, 0.3) is 0 Å². The van der Waals surface area contributed by atoms with Crippen molar-refractivity contribution in [2.24, 2.45) is 11.5 Å². The summed E-state index contributed by atoms with van der Waals surface area (Å²) in [5.41, 5.74) is 11.4. The Labute approximate surface area is 106 Å². The van der Waals surface area contributed by atoms with Gasteiger partial charge in [-0.15, -0.1) is 0 Å². The summed E-state index contributed by atoms with van der Waals surface area (Å²) in [7, 11) is 0. The summed E-state index contributed by atoms with van der Waals surface area (Å²) in [6.07, 6.45) is 6.28. The number of primary amides is 1. The molecule has 1 aliphatic rings. The SMILES string of the molecule is CC1CCCC(CN)N1c1nccnc1C(N)=O. The van der Waals surface area contributed by atoms with Crippen molar-refractivity contribution < 1.29 is 4.79 Å². The van der Waals surface area contributed by atoms with Gasteiger partial charge in [0.15, 0.2) is 11.5 Å². The van der Waals surface area contributed by atoms with Crippen LogP contribution < -0.4 is 16.4 Å². The second-order valence-corrected chi connectivity index (χ2v) is 4.67. The summed E-state index contributed by atoms with van der Waals surface area (Å²) >= 11 is 0. The minimum absolute atomic E-state index is 0.198. The average molecular weight is 249 g/mol. The predicted molar refractivity (Wildman–Crippen MR) is 69.2 cm³/mol. The Morgan fingerprint density at radius 3 is 2.83 bits per heavy atom. The number of aromatic nitrogens is 2. The zero-order valence-electron chi connectivity index (χ0n) is 10.5. The highest BCUT2D eigenvalue weighted by atomic mass is 16.1. The normalized spacial score (nSPS) is 24.0. The standard InChI is InChI=1S/C12H19N5O/c1-8-3-2-4-9(7-13)17(8)12-10(11(14)18)15-5-6-16-12/h5-6,8-9H,2-4,7,13H2,1H3,(H2,14,18). The van der Waals surface area contributed by atoms with E-state index in [1.54, 1.807) is 6.20 Å². The lowest BCUT2D eigenvalue weighted by molar-refractivity contribution is 0.0995. The number of piperidine rings is 1. The van der Waals surface area contributed by atoms with Gasteiger partial charge in [0.2, 0.25) is 0 Å². The largest absolute Gasteiger partial charge is 0.364 e. The molecule has 1 aliphatic heterocycles. The fraction of sp³-hybridized carbons (Fsp3) is 0.583. The Morgan fingerprint density at radius 2 is 2.17 bits per heavy atom. The summed E-state index contributed by atoms with van der Waals surface area (Å²) in [5, 5.41) is 0. The fourth-order valence-corrected chi connectivity index (χ4v) is 2.59. The number of carbonyl (C=O) groups excluding carboxylic acids is 1. The van der Waals surface area contributed by atoms with Crippen LogP contribution in [0.4, 0.5) is 5.82 Å². The van der Waals surface area contributed by atoms with Crippen LogP contribution in [0, 0.1) is 0 Å². The van der Waals surface area contributed by atoms with E-state index >= 15 is 0 Å². The Hall–Kier alpha value is -1.69. The number of amides is 1. The quantitative estimate of drug-likeness (QED) is 0.801. The first-order chi connectivity index (χ1) is 8.65. The van der Waals surface area contributed by atoms with Gasteiger partial charge in [-0.2, -0.15) is 0 Å². The molecule has 0 radical (unpaired) electrons. The van der Waals surface area contributed by atoms with Gasteiger partial charge in [-0.3, -0.25) is 4.79 Å². The van der Waals surface area contributed by atoms with E-state index in [-0.39, 0.29) is 11.7 Å². The van der Waals surface area contributed by atoms with Gasteiger partial charge in [-0.05, 0) is 26.2 Å². The van der Waals surface area contributed by atoms with Crippen molar-refractivity contribution in [3.8, 4) is 0 Å². The molecule has 1 aromatic heterocycles. The van der Waals surface area contributed by atoms with Crippen molar-refractivity contribution in [1.82, 2.24) is 9.97 Å². The van der Waals surface area contributed by atoms with Crippen LogP contribution in [-0.2, 0) is 0 Å². The van der Waals surface area contributed by atoms with Crippen molar-refractivity contribution in [2.45, 2.75) is 38.3 Å². The molecular weight excluding hydrogens is 230 g/mol. The molecule has 6 heteroatoms. The highest BCUT2D eigenvalue weighted by Crippen LogP contribution is 2.28. The molecule has 4 N–H and O–H groups in total. The Kier molecular flexibility index (Phi) is 3.76. The molecule has 2 unspecified atom stereocenters. The van der Waals surface area contributed by atoms with Crippen molar-refractivity contribution in [1.29, 1.82) is 0 Å². The molecule has 1 amide bonds. The summed E-state index contributed by atoms with van der Waals surface area (Å²) in [5.74, 6) is 0.0132. The van der Waals surface area contributed by atoms with Crippen molar-refractivity contribution in [3.63, 3.8) is 0 Å². The molecular formula is C12H19N5O.